The summed E-state index contributed by atoms with van der Waals surface area (Å²) in [6, 6.07) is -0.0548. The summed E-state index contributed by atoms with van der Waals surface area (Å²) < 4.78 is 0. The van der Waals surface area contributed by atoms with Crippen molar-refractivity contribution in [1.82, 2.24) is 10.6 Å². The minimum atomic E-state index is -0.282. The number of Topliss-reactive ketones (excluding diaryl/α,β-unsaturated/α-hetero) is 1. The molecule has 0 spiro atoms. The Morgan fingerprint density at radius 2 is 1.72 bits per heavy atom. The van der Waals surface area contributed by atoms with Crippen molar-refractivity contribution in [3.63, 3.8) is 0 Å². The van der Waals surface area contributed by atoms with Gasteiger partial charge in [0.2, 0.25) is 5.91 Å². The Morgan fingerprint density at radius 3 is 2.17 bits per heavy atom. The Kier molecular flexibility index (Phi) is 8.63. The number of ketones is 1. The highest BCUT2D eigenvalue weighted by Crippen LogP contribution is 2.01. The maximum absolute atomic E-state index is 12.0. The molecule has 106 valence electrons. The molecule has 4 nitrogen and oxygen atoms in total. The summed E-state index contributed by atoms with van der Waals surface area (Å²) in [7, 11) is 0. The van der Waals surface area contributed by atoms with E-state index in [0.29, 0.717) is 13.0 Å². The Bertz CT molecular complexity index is 263. The third-order valence-electron chi connectivity index (χ3n) is 2.71. The van der Waals surface area contributed by atoms with Crippen molar-refractivity contribution >= 4 is 11.7 Å². The molecular weight excluding hydrogens is 228 g/mol. The molecule has 0 bridgehead atoms. The summed E-state index contributed by atoms with van der Waals surface area (Å²) in [6.07, 6.45) is 2.44. The number of nitrogens with one attached hydrogen (secondary N) is 2. The number of amides is 1. The Labute approximate surface area is 111 Å². The van der Waals surface area contributed by atoms with E-state index in [9.17, 15) is 9.59 Å². The molecule has 0 fully saturated rings. The molecular formula is C14H28N2O2. The van der Waals surface area contributed by atoms with Crippen LogP contribution in [0.5, 0.6) is 0 Å². The van der Waals surface area contributed by atoms with Crippen LogP contribution in [0.15, 0.2) is 0 Å². The number of carbonyl (C=O) groups excluding carboxylic acids is 2. The number of hydrogen-bond acceptors (Lipinski definition) is 3. The standard InChI is InChI=1S/C14H28N2O2/c1-6-7-8-13(17)15-9-12(16-11(4)5)14(18)10(2)3/h10-12,16H,6-9H2,1-5H3,(H,15,17)/t12-/m0/s1. The highest BCUT2D eigenvalue weighted by atomic mass is 16.2. The SMILES string of the molecule is CCCCC(=O)NC[C@H](NC(C)C)C(=O)C(C)C. The van der Waals surface area contributed by atoms with Crippen molar-refractivity contribution in [2.24, 2.45) is 5.92 Å². The van der Waals surface area contributed by atoms with Gasteiger partial charge in [0.05, 0.1) is 6.04 Å². The molecule has 0 unspecified atom stereocenters. The van der Waals surface area contributed by atoms with Crippen LogP contribution in [0.25, 0.3) is 0 Å². The average molecular weight is 256 g/mol. The normalized spacial score (nSPS) is 12.8. The largest absolute Gasteiger partial charge is 0.354 e. The van der Waals surface area contributed by atoms with Crippen LogP contribution in [-0.4, -0.2) is 30.3 Å². The second-order valence-electron chi connectivity index (χ2n) is 5.34. The summed E-state index contributed by atoms with van der Waals surface area (Å²) in [4.78, 5) is 23.5. The van der Waals surface area contributed by atoms with Gasteiger partial charge in [-0.1, -0.05) is 41.0 Å². The maximum atomic E-state index is 12.0. The zero-order valence-electron chi connectivity index (χ0n) is 12.4. The van der Waals surface area contributed by atoms with Crippen molar-refractivity contribution in [3.8, 4) is 0 Å². The lowest BCUT2D eigenvalue weighted by Crippen LogP contribution is -2.49. The van der Waals surface area contributed by atoms with Gasteiger partial charge in [0, 0.05) is 24.9 Å². The molecule has 0 aromatic carbocycles. The number of carbonyl (C=O) groups is 2. The molecule has 0 aromatic rings. The van der Waals surface area contributed by atoms with E-state index < -0.39 is 0 Å². The quantitative estimate of drug-likeness (QED) is 0.662. The first-order valence-corrected chi connectivity index (χ1v) is 6.94. The van der Waals surface area contributed by atoms with Crippen LogP contribution in [0.4, 0.5) is 0 Å². The lowest BCUT2D eigenvalue weighted by molar-refractivity contribution is -0.124. The van der Waals surface area contributed by atoms with E-state index in [2.05, 4.69) is 17.6 Å². The molecule has 0 saturated carbocycles. The first-order valence-electron chi connectivity index (χ1n) is 6.94. The molecule has 0 rings (SSSR count). The van der Waals surface area contributed by atoms with Gasteiger partial charge in [-0.25, -0.2) is 0 Å². The Balaban J connectivity index is 4.24. The molecule has 2 N–H and O–H groups in total. The highest BCUT2D eigenvalue weighted by molar-refractivity contribution is 5.86. The lowest BCUT2D eigenvalue weighted by atomic mass is 10.0. The van der Waals surface area contributed by atoms with Crippen molar-refractivity contribution in [2.75, 3.05) is 6.54 Å². The van der Waals surface area contributed by atoms with Crippen LogP contribution in [-0.2, 0) is 9.59 Å². The molecule has 0 heterocycles. The van der Waals surface area contributed by atoms with Crippen molar-refractivity contribution in [2.45, 2.75) is 66.0 Å². The first kappa shape index (κ1) is 17.1. The summed E-state index contributed by atoms with van der Waals surface area (Å²) in [5.74, 6) is 0.164. The minimum Gasteiger partial charge on any atom is -0.354 e. The predicted octanol–water partition coefficient (Wildman–Crippen LogP) is 1.88. The van der Waals surface area contributed by atoms with Crippen LogP contribution >= 0.6 is 0 Å². The number of rotatable bonds is 9. The van der Waals surface area contributed by atoms with Gasteiger partial charge in [0.1, 0.15) is 0 Å². The highest BCUT2D eigenvalue weighted by Gasteiger charge is 2.22. The van der Waals surface area contributed by atoms with Gasteiger partial charge < -0.3 is 10.6 Å². The van der Waals surface area contributed by atoms with Gasteiger partial charge in [-0.2, -0.15) is 0 Å². The summed E-state index contributed by atoms with van der Waals surface area (Å²) in [5, 5.41) is 6.04. The third kappa shape index (κ3) is 7.43. The van der Waals surface area contributed by atoms with Crippen LogP contribution in [0, 0.1) is 5.92 Å². The number of unbranched alkanes of at least 4 members (excludes halogenated alkanes) is 1. The first-order chi connectivity index (χ1) is 8.38. The van der Waals surface area contributed by atoms with Gasteiger partial charge in [0.15, 0.2) is 5.78 Å². The molecule has 1 amide bonds. The molecule has 0 aromatic heterocycles. The fraction of sp³-hybridized carbons (Fsp3) is 0.857. The monoisotopic (exact) mass is 256 g/mol. The molecule has 0 aliphatic rings. The topological polar surface area (TPSA) is 58.2 Å². The van der Waals surface area contributed by atoms with E-state index in [-0.39, 0.29) is 29.7 Å². The Morgan fingerprint density at radius 1 is 1.11 bits per heavy atom. The van der Waals surface area contributed by atoms with E-state index in [0.717, 1.165) is 12.8 Å². The van der Waals surface area contributed by atoms with Gasteiger partial charge in [-0.15, -0.1) is 0 Å². The van der Waals surface area contributed by atoms with Crippen molar-refractivity contribution < 1.29 is 9.59 Å². The molecule has 18 heavy (non-hydrogen) atoms. The smallest absolute Gasteiger partial charge is 0.220 e. The summed E-state index contributed by atoms with van der Waals surface area (Å²) >= 11 is 0. The Hall–Kier alpha value is -0.900. The van der Waals surface area contributed by atoms with Crippen LogP contribution in [0.3, 0.4) is 0 Å². The number of hydrogen-bond donors (Lipinski definition) is 2. The molecule has 0 aliphatic heterocycles. The zero-order valence-corrected chi connectivity index (χ0v) is 12.4. The fourth-order valence-electron chi connectivity index (χ4n) is 1.69. The third-order valence-corrected chi connectivity index (χ3v) is 2.71. The summed E-state index contributed by atoms with van der Waals surface area (Å²) in [6.45, 7) is 10.2. The van der Waals surface area contributed by atoms with E-state index in [1.54, 1.807) is 0 Å². The maximum Gasteiger partial charge on any atom is 0.220 e. The molecule has 0 saturated heterocycles. The molecule has 1 atom stereocenters. The van der Waals surface area contributed by atoms with E-state index in [4.69, 9.17) is 0 Å². The van der Waals surface area contributed by atoms with E-state index in [1.807, 2.05) is 27.7 Å². The predicted molar refractivity (Wildman–Crippen MR) is 74.4 cm³/mol. The van der Waals surface area contributed by atoms with Crippen molar-refractivity contribution in [3.05, 3.63) is 0 Å². The van der Waals surface area contributed by atoms with Crippen LogP contribution < -0.4 is 10.6 Å². The van der Waals surface area contributed by atoms with E-state index >= 15 is 0 Å². The van der Waals surface area contributed by atoms with Gasteiger partial charge in [-0.3, -0.25) is 9.59 Å². The van der Waals surface area contributed by atoms with Gasteiger partial charge >= 0.3 is 0 Å². The second kappa shape index (κ2) is 9.09. The minimum absolute atomic E-state index is 0.0196. The second-order valence-corrected chi connectivity index (χ2v) is 5.34. The van der Waals surface area contributed by atoms with E-state index in [1.165, 1.54) is 0 Å². The molecule has 0 radical (unpaired) electrons. The lowest BCUT2D eigenvalue weighted by Gasteiger charge is -2.22. The van der Waals surface area contributed by atoms with Crippen molar-refractivity contribution in [1.29, 1.82) is 0 Å². The molecule has 0 aliphatic carbocycles. The van der Waals surface area contributed by atoms with Crippen LogP contribution in [0.2, 0.25) is 0 Å². The van der Waals surface area contributed by atoms with Gasteiger partial charge in [-0.05, 0) is 6.42 Å². The van der Waals surface area contributed by atoms with Crippen LogP contribution in [0.1, 0.15) is 53.9 Å². The fourth-order valence-corrected chi connectivity index (χ4v) is 1.69. The summed E-state index contributed by atoms with van der Waals surface area (Å²) in [5.41, 5.74) is 0. The average Bonchev–Trinajstić information content (AvgIpc) is 2.30. The zero-order chi connectivity index (χ0) is 14.1. The van der Waals surface area contributed by atoms with Gasteiger partial charge in [0.25, 0.3) is 0 Å². The molecule has 4 heteroatoms.